The van der Waals surface area contributed by atoms with Crippen molar-refractivity contribution in [3.05, 3.63) is 63.4 Å². The molecule has 2 rings (SSSR count). The molecular formula is C15H13Cl2FN2O. The van der Waals surface area contributed by atoms with Crippen LogP contribution in [0.5, 0.6) is 0 Å². The van der Waals surface area contributed by atoms with Crippen LogP contribution in [0.15, 0.2) is 36.4 Å². The van der Waals surface area contributed by atoms with Crippen molar-refractivity contribution >= 4 is 34.8 Å². The van der Waals surface area contributed by atoms with Crippen LogP contribution in [0.1, 0.15) is 28.9 Å². The maximum Gasteiger partial charge on any atom is 0.251 e. The Morgan fingerprint density at radius 1 is 1.24 bits per heavy atom. The Morgan fingerprint density at radius 3 is 2.38 bits per heavy atom. The smallest absolute Gasteiger partial charge is 0.251 e. The van der Waals surface area contributed by atoms with E-state index in [1.54, 1.807) is 25.1 Å². The van der Waals surface area contributed by atoms with Gasteiger partial charge in [-0.1, -0.05) is 41.4 Å². The standard InChI is InChI=1S/C15H13Cl2FN2O/c1-8(10-4-2-3-5-13(10)18)20-15(21)9-6-11(16)14(19)12(17)7-9/h2-8H,19H2,1H3,(H,20,21)/t8-/m1/s1. The van der Waals surface area contributed by atoms with Gasteiger partial charge in [0, 0.05) is 11.1 Å². The third-order valence-corrected chi connectivity index (χ3v) is 3.69. The fraction of sp³-hybridized carbons (Fsp3) is 0.133. The number of benzene rings is 2. The summed E-state index contributed by atoms with van der Waals surface area (Å²) in [5, 5.41) is 3.09. The van der Waals surface area contributed by atoms with Crippen LogP contribution in [0.4, 0.5) is 10.1 Å². The number of hydrogen-bond donors (Lipinski definition) is 2. The minimum Gasteiger partial charge on any atom is -0.396 e. The van der Waals surface area contributed by atoms with Gasteiger partial charge in [-0.15, -0.1) is 0 Å². The highest BCUT2D eigenvalue weighted by molar-refractivity contribution is 6.39. The van der Waals surface area contributed by atoms with Crippen molar-refractivity contribution in [1.82, 2.24) is 5.32 Å². The van der Waals surface area contributed by atoms with Crippen LogP contribution in [0.2, 0.25) is 10.0 Å². The largest absolute Gasteiger partial charge is 0.396 e. The molecule has 0 aliphatic rings. The van der Waals surface area contributed by atoms with Gasteiger partial charge in [0.1, 0.15) is 5.82 Å². The third-order valence-electron chi connectivity index (χ3n) is 3.06. The van der Waals surface area contributed by atoms with Crippen molar-refractivity contribution in [3.8, 4) is 0 Å². The molecule has 0 radical (unpaired) electrons. The Balaban J connectivity index is 2.20. The normalized spacial score (nSPS) is 12.0. The van der Waals surface area contributed by atoms with Crippen molar-refractivity contribution in [3.63, 3.8) is 0 Å². The van der Waals surface area contributed by atoms with Gasteiger partial charge in [-0.05, 0) is 25.1 Å². The predicted molar refractivity (Wildman–Crippen MR) is 83.2 cm³/mol. The van der Waals surface area contributed by atoms with E-state index in [2.05, 4.69) is 5.32 Å². The number of nitrogens with two attached hydrogens (primary N) is 1. The zero-order chi connectivity index (χ0) is 15.6. The lowest BCUT2D eigenvalue weighted by atomic mass is 10.1. The molecule has 21 heavy (non-hydrogen) atoms. The highest BCUT2D eigenvalue weighted by atomic mass is 35.5. The summed E-state index contributed by atoms with van der Waals surface area (Å²) in [4.78, 5) is 12.2. The average molecular weight is 327 g/mol. The van der Waals surface area contributed by atoms with E-state index in [-0.39, 0.29) is 27.1 Å². The molecule has 0 aliphatic heterocycles. The highest BCUT2D eigenvalue weighted by Crippen LogP contribution is 2.29. The number of nitrogen functional groups attached to an aromatic ring is 1. The summed E-state index contributed by atoms with van der Waals surface area (Å²) in [7, 11) is 0. The van der Waals surface area contributed by atoms with Crippen LogP contribution in [-0.2, 0) is 0 Å². The minimum absolute atomic E-state index is 0.200. The molecule has 0 saturated carbocycles. The Bertz CT molecular complexity index is 668. The summed E-state index contributed by atoms with van der Waals surface area (Å²) >= 11 is 11.8. The van der Waals surface area contributed by atoms with Crippen LogP contribution in [0.3, 0.4) is 0 Å². The topological polar surface area (TPSA) is 55.1 Å². The van der Waals surface area contributed by atoms with Crippen LogP contribution >= 0.6 is 23.2 Å². The SMILES string of the molecule is C[C@@H](NC(=O)c1cc(Cl)c(N)c(Cl)c1)c1ccccc1F. The van der Waals surface area contributed by atoms with Gasteiger partial charge in [-0.3, -0.25) is 4.79 Å². The Labute approximate surface area is 131 Å². The van der Waals surface area contributed by atoms with Gasteiger partial charge in [0.05, 0.1) is 21.8 Å². The molecule has 6 heteroatoms. The van der Waals surface area contributed by atoms with Crippen LogP contribution in [0.25, 0.3) is 0 Å². The molecule has 0 saturated heterocycles. The average Bonchev–Trinajstić information content (AvgIpc) is 2.44. The van der Waals surface area contributed by atoms with Gasteiger partial charge < -0.3 is 11.1 Å². The first-order valence-electron chi connectivity index (χ1n) is 6.20. The summed E-state index contributed by atoms with van der Waals surface area (Å²) in [6.45, 7) is 1.69. The van der Waals surface area contributed by atoms with Crippen LogP contribution < -0.4 is 11.1 Å². The van der Waals surface area contributed by atoms with E-state index in [1.165, 1.54) is 18.2 Å². The zero-order valence-electron chi connectivity index (χ0n) is 11.2. The zero-order valence-corrected chi connectivity index (χ0v) is 12.7. The lowest BCUT2D eigenvalue weighted by Crippen LogP contribution is -2.27. The number of nitrogens with one attached hydrogen (secondary N) is 1. The van der Waals surface area contributed by atoms with Gasteiger partial charge in [0.2, 0.25) is 0 Å². The molecule has 0 aromatic heterocycles. The molecule has 110 valence electrons. The third kappa shape index (κ3) is 3.46. The summed E-state index contributed by atoms with van der Waals surface area (Å²) in [6.07, 6.45) is 0. The second kappa shape index (κ2) is 6.33. The molecule has 0 fully saturated rings. The molecule has 0 unspecified atom stereocenters. The van der Waals surface area contributed by atoms with E-state index >= 15 is 0 Å². The van der Waals surface area contributed by atoms with E-state index in [4.69, 9.17) is 28.9 Å². The maximum absolute atomic E-state index is 13.7. The maximum atomic E-state index is 13.7. The number of amides is 1. The molecule has 0 bridgehead atoms. The molecule has 0 aliphatic carbocycles. The van der Waals surface area contributed by atoms with E-state index in [1.807, 2.05) is 0 Å². The Kier molecular flexibility index (Phi) is 4.70. The quantitative estimate of drug-likeness (QED) is 0.830. The van der Waals surface area contributed by atoms with Gasteiger partial charge in [0.25, 0.3) is 5.91 Å². The molecule has 0 heterocycles. The number of carbonyl (C=O) groups is 1. The second-order valence-corrected chi connectivity index (χ2v) is 5.38. The highest BCUT2D eigenvalue weighted by Gasteiger charge is 2.16. The van der Waals surface area contributed by atoms with Gasteiger partial charge in [-0.25, -0.2) is 4.39 Å². The molecule has 2 aromatic rings. The minimum atomic E-state index is -0.492. The molecule has 3 N–H and O–H groups in total. The molecule has 1 amide bonds. The lowest BCUT2D eigenvalue weighted by Gasteiger charge is -2.15. The fourth-order valence-electron chi connectivity index (χ4n) is 1.90. The van der Waals surface area contributed by atoms with E-state index in [0.29, 0.717) is 5.56 Å². The second-order valence-electron chi connectivity index (χ2n) is 4.57. The first-order chi connectivity index (χ1) is 9.90. The molecular weight excluding hydrogens is 314 g/mol. The van der Waals surface area contributed by atoms with Crippen molar-refractivity contribution in [2.75, 3.05) is 5.73 Å². The molecule has 0 spiro atoms. The van der Waals surface area contributed by atoms with Gasteiger partial charge in [-0.2, -0.15) is 0 Å². The van der Waals surface area contributed by atoms with E-state index in [0.717, 1.165) is 0 Å². The number of hydrogen-bond acceptors (Lipinski definition) is 2. The van der Waals surface area contributed by atoms with Crippen molar-refractivity contribution in [2.24, 2.45) is 0 Å². The molecule has 2 aromatic carbocycles. The first-order valence-corrected chi connectivity index (χ1v) is 6.95. The summed E-state index contributed by atoms with van der Waals surface area (Å²) < 4.78 is 13.7. The monoisotopic (exact) mass is 326 g/mol. The first kappa shape index (κ1) is 15.6. The number of halogens is 3. The number of rotatable bonds is 3. The summed E-state index contributed by atoms with van der Waals surface area (Å²) in [6, 6.07) is 8.61. The number of carbonyl (C=O) groups excluding carboxylic acids is 1. The van der Waals surface area contributed by atoms with Gasteiger partial charge >= 0.3 is 0 Å². The van der Waals surface area contributed by atoms with E-state index < -0.39 is 11.9 Å². The summed E-state index contributed by atoms with van der Waals surface area (Å²) in [5.41, 5.74) is 6.50. The van der Waals surface area contributed by atoms with Crippen LogP contribution in [0, 0.1) is 5.82 Å². The Morgan fingerprint density at radius 2 is 1.81 bits per heavy atom. The van der Waals surface area contributed by atoms with Crippen molar-refractivity contribution in [1.29, 1.82) is 0 Å². The molecule has 1 atom stereocenters. The summed E-state index contributed by atoms with van der Waals surface area (Å²) in [5.74, 6) is -0.784. The predicted octanol–water partition coefficient (Wildman–Crippen LogP) is 4.21. The van der Waals surface area contributed by atoms with Crippen LogP contribution in [-0.4, -0.2) is 5.91 Å². The lowest BCUT2D eigenvalue weighted by molar-refractivity contribution is 0.0939. The van der Waals surface area contributed by atoms with E-state index in [9.17, 15) is 9.18 Å². The van der Waals surface area contributed by atoms with Crippen molar-refractivity contribution in [2.45, 2.75) is 13.0 Å². The van der Waals surface area contributed by atoms with Gasteiger partial charge in [0.15, 0.2) is 0 Å². The molecule has 3 nitrogen and oxygen atoms in total. The van der Waals surface area contributed by atoms with Crippen molar-refractivity contribution < 1.29 is 9.18 Å². The number of anilines is 1. The fourth-order valence-corrected chi connectivity index (χ4v) is 2.39. The Hall–Kier alpha value is -1.78.